The van der Waals surface area contributed by atoms with Crippen molar-refractivity contribution in [1.29, 1.82) is 0 Å². The molecule has 0 amide bonds. The van der Waals surface area contributed by atoms with E-state index in [-0.39, 0.29) is 6.61 Å². The number of nitrogens with zero attached hydrogens (tertiary/aromatic N) is 1. The normalized spacial score (nSPS) is 12.8. The van der Waals surface area contributed by atoms with E-state index in [0.29, 0.717) is 5.92 Å². The van der Waals surface area contributed by atoms with Gasteiger partial charge in [-0.05, 0) is 34.0 Å². The van der Waals surface area contributed by atoms with Crippen LogP contribution in [0.25, 0.3) is 0 Å². The molecule has 0 fully saturated rings. The first kappa shape index (κ1) is 11.6. The number of halogens is 1. The van der Waals surface area contributed by atoms with Gasteiger partial charge in [0.1, 0.15) is 4.60 Å². The summed E-state index contributed by atoms with van der Waals surface area (Å²) in [4.78, 5) is 4.29. The summed E-state index contributed by atoms with van der Waals surface area (Å²) < 4.78 is 0.854. The fourth-order valence-corrected chi connectivity index (χ4v) is 1.44. The maximum atomic E-state index is 8.81. The maximum absolute atomic E-state index is 8.81. The molecule has 1 atom stereocenters. The molecular formula is C10H15BrN2O. The number of aliphatic hydroxyl groups excluding tert-OH is 1. The van der Waals surface area contributed by atoms with Crippen molar-refractivity contribution in [2.75, 3.05) is 13.2 Å². The summed E-state index contributed by atoms with van der Waals surface area (Å²) in [6, 6.07) is 5.84. The Morgan fingerprint density at radius 3 is 3.00 bits per heavy atom. The average molecular weight is 259 g/mol. The van der Waals surface area contributed by atoms with Gasteiger partial charge >= 0.3 is 0 Å². The predicted octanol–water partition coefficient (Wildman–Crippen LogP) is 1.56. The van der Waals surface area contributed by atoms with Crippen molar-refractivity contribution in [3.8, 4) is 0 Å². The molecule has 0 spiro atoms. The first-order chi connectivity index (χ1) is 6.72. The Labute approximate surface area is 92.7 Å². The molecule has 0 aliphatic heterocycles. The van der Waals surface area contributed by atoms with Gasteiger partial charge in [-0.25, -0.2) is 4.98 Å². The minimum atomic E-state index is 0.221. The van der Waals surface area contributed by atoms with Gasteiger partial charge in [-0.1, -0.05) is 13.0 Å². The van der Waals surface area contributed by atoms with Crippen molar-refractivity contribution >= 4 is 15.9 Å². The Balaban J connectivity index is 2.31. The van der Waals surface area contributed by atoms with Gasteiger partial charge in [-0.2, -0.15) is 0 Å². The summed E-state index contributed by atoms with van der Waals surface area (Å²) in [5.74, 6) is 0.294. The first-order valence-corrected chi connectivity index (χ1v) is 5.44. The molecule has 3 nitrogen and oxygen atoms in total. The smallest absolute Gasteiger partial charge is 0.106 e. The van der Waals surface area contributed by atoms with Crippen molar-refractivity contribution < 1.29 is 5.11 Å². The van der Waals surface area contributed by atoms with Crippen molar-refractivity contribution in [3.63, 3.8) is 0 Å². The Kier molecular flexibility index (Phi) is 5.07. The van der Waals surface area contributed by atoms with Gasteiger partial charge in [0.2, 0.25) is 0 Å². The molecular weight excluding hydrogens is 244 g/mol. The van der Waals surface area contributed by atoms with Crippen LogP contribution in [0.5, 0.6) is 0 Å². The zero-order valence-electron chi connectivity index (χ0n) is 8.20. The summed E-state index contributed by atoms with van der Waals surface area (Å²) in [6.07, 6.45) is 0. The van der Waals surface area contributed by atoms with E-state index < -0.39 is 0 Å². The van der Waals surface area contributed by atoms with Gasteiger partial charge in [-0.3, -0.25) is 0 Å². The number of pyridine rings is 1. The zero-order chi connectivity index (χ0) is 10.4. The lowest BCUT2D eigenvalue weighted by molar-refractivity contribution is 0.233. The fraction of sp³-hybridized carbons (Fsp3) is 0.500. The Morgan fingerprint density at radius 2 is 2.36 bits per heavy atom. The van der Waals surface area contributed by atoms with Crippen LogP contribution in [-0.4, -0.2) is 23.2 Å². The van der Waals surface area contributed by atoms with Crippen LogP contribution < -0.4 is 5.32 Å². The Morgan fingerprint density at radius 1 is 1.57 bits per heavy atom. The molecule has 1 unspecified atom stereocenters. The molecule has 0 aliphatic rings. The van der Waals surface area contributed by atoms with Crippen LogP contribution in [0.2, 0.25) is 0 Å². The minimum absolute atomic E-state index is 0.221. The number of aromatic nitrogens is 1. The molecule has 1 aromatic rings. The molecule has 0 saturated heterocycles. The van der Waals surface area contributed by atoms with E-state index in [1.165, 1.54) is 0 Å². The van der Waals surface area contributed by atoms with Crippen LogP contribution in [0.3, 0.4) is 0 Å². The van der Waals surface area contributed by atoms with Crippen molar-refractivity contribution in [2.45, 2.75) is 13.5 Å². The SMILES string of the molecule is CC(CO)CNCc1cccc(Br)n1. The summed E-state index contributed by atoms with van der Waals surface area (Å²) in [5.41, 5.74) is 1.00. The lowest BCUT2D eigenvalue weighted by atomic mass is 10.2. The van der Waals surface area contributed by atoms with Crippen molar-refractivity contribution in [1.82, 2.24) is 10.3 Å². The third-order valence-corrected chi connectivity index (χ3v) is 2.33. The maximum Gasteiger partial charge on any atom is 0.106 e. The van der Waals surface area contributed by atoms with E-state index >= 15 is 0 Å². The van der Waals surface area contributed by atoms with Crippen LogP contribution in [0, 0.1) is 5.92 Å². The van der Waals surface area contributed by atoms with E-state index in [1.54, 1.807) is 0 Å². The monoisotopic (exact) mass is 258 g/mol. The highest BCUT2D eigenvalue weighted by Gasteiger charge is 1.99. The molecule has 2 N–H and O–H groups in total. The van der Waals surface area contributed by atoms with Crippen molar-refractivity contribution in [2.24, 2.45) is 5.92 Å². The quantitative estimate of drug-likeness (QED) is 0.789. The van der Waals surface area contributed by atoms with Gasteiger partial charge in [-0.15, -0.1) is 0 Å². The van der Waals surface area contributed by atoms with Crippen LogP contribution in [0.4, 0.5) is 0 Å². The van der Waals surface area contributed by atoms with E-state index in [9.17, 15) is 0 Å². The molecule has 0 aliphatic carbocycles. The molecule has 0 radical (unpaired) electrons. The molecule has 0 aromatic carbocycles. The van der Waals surface area contributed by atoms with E-state index in [2.05, 4.69) is 26.2 Å². The Bertz CT molecular complexity index is 281. The number of rotatable bonds is 5. The molecule has 0 saturated carbocycles. The third kappa shape index (κ3) is 4.17. The molecule has 78 valence electrons. The van der Waals surface area contributed by atoms with Gasteiger partial charge < -0.3 is 10.4 Å². The Hall–Kier alpha value is -0.450. The van der Waals surface area contributed by atoms with E-state index in [4.69, 9.17) is 5.11 Å². The van der Waals surface area contributed by atoms with Crippen LogP contribution >= 0.6 is 15.9 Å². The number of nitrogens with one attached hydrogen (secondary N) is 1. The summed E-state index contributed by atoms with van der Waals surface area (Å²) in [7, 11) is 0. The average Bonchev–Trinajstić information content (AvgIpc) is 2.17. The second-order valence-electron chi connectivity index (χ2n) is 3.37. The number of aliphatic hydroxyl groups is 1. The summed E-state index contributed by atoms with van der Waals surface area (Å²) >= 11 is 3.32. The molecule has 1 rings (SSSR count). The highest BCUT2D eigenvalue weighted by atomic mass is 79.9. The van der Waals surface area contributed by atoms with E-state index in [1.807, 2.05) is 25.1 Å². The van der Waals surface area contributed by atoms with Gasteiger partial charge in [0.05, 0.1) is 5.69 Å². The third-order valence-electron chi connectivity index (χ3n) is 1.88. The van der Waals surface area contributed by atoms with Crippen LogP contribution in [0.1, 0.15) is 12.6 Å². The highest BCUT2D eigenvalue weighted by molar-refractivity contribution is 9.10. The number of hydrogen-bond donors (Lipinski definition) is 2. The molecule has 1 heterocycles. The fourth-order valence-electron chi connectivity index (χ4n) is 1.06. The lowest BCUT2D eigenvalue weighted by Gasteiger charge is -2.08. The molecule has 1 aromatic heterocycles. The van der Waals surface area contributed by atoms with Gasteiger partial charge in [0.15, 0.2) is 0 Å². The number of hydrogen-bond acceptors (Lipinski definition) is 3. The highest BCUT2D eigenvalue weighted by Crippen LogP contribution is 2.05. The molecule has 14 heavy (non-hydrogen) atoms. The predicted molar refractivity (Wildman–Crippen MR) is 59.9 cm³/mol. The second-order valence-corrected chi connectivity index (χ2v) is 4.18. The van der Waals surface area contributed by atoms with E-state index in [0.717, 1.165) is 23.4 Å². The lowest BCUT2D eigenvalue weighted by Crippen LogP contribution is -2.23. The zero-order valence-corrected chi connectivity index (χ0v) is 9.79. The van der Waals surface area contributed by atoms with Crippen LogP contribution in [-0.2, 0) is 6.54 Å². The summed E-state index contributed by atoms with van der Waals surface area (Å²) in [5, 5.41) is 12.0. The first-order valence-electron chi connectivity index (χ1n) is 4.65. The van der Waals surface area contributed by atoms with Crippen molar-refractivity contribution in [3.05, 3.63) is 28.5 Å². The van der Waals surface area contributed by atoms with Gasteiger partial charge in [0.25, 0.3) is 0 Å². The molecule has 4 heteroatoms. The van der Waals surface area contributed by atoms with Crippen LogP contribution in [0.15, 0.2) is 22.8 Å². The minimum Gasteiger partial charge on any atom is -0.396 e. The largest absolute Gasteiger partial charge is 0.396 e. The second kappa shape index (κ2) is 6.11. The topological polar surface area (TPSA) is 45.1 Å². The summed E-state index contributed by atoms with van der Waals surface area (Å²) in [6.45, 7) is 3.77. The standard InChI is InChI=1S/C10H15BrN2O/c1-8(7-14)5-12-6-9-3-2-4-10(11)13-9/h2-4,8,12,14H,5-7H2,1H3. The molecule has 0 bridgehead atoms. The van der Waals surface area contributed by atoms with Gasteiger partial charge in [0, 0.05) is 19.7 Å².